The highest BCUT2D eigenvalue weighted by atomic mass is 32.1. The van der Waals surface area contributed by atoms with E-state index in [1.807, 2.05) is 0 Å². The average Bonchev–Trinajstić information content (AvgIpc) is 3.04. The van der Waals surface area contributed by atoms with Crippen molar-refractivity contribution in [3.63, 3.8) is 0 Å². The standard InChI is InChI=1S/C16H21N3O2S/c1-3-11-12(4-2)18-19-15(20)14(11)16-17-13(9-22-16)10-5-7-21-8-6-10/h9-10H,3-8H2,1-2H3,(H,19,20). The van der Waals surface area contributed by atoms with E-state index in [1.165, 1.54) is 0 Å². The van der Waals surface area contributed by atoms with Crippen LogP contribution in [-0.4, -0.2) is 28.4 Å². The van der Waals surface area contributed by atoms with Crippen molar-refractivity contribution >= 4 is 11.3 Å². The average molecular weight is 319 g/mol. The highest BCUT2D eigenvalue weighted by molar-refractivity contribution is 7.13. The lowest BCUT2D eigenvalue weighted by molar-refractivity contribution is 0.0846. The van der Waals surface area contributed by atoms with Crippen LogP contribution in [0.15, 0.2) is 10.2 Å². The van der Waals surface area contributed by atoms with Crippen molar-refractivity contribution in [2.75, 3.05) is 13.2 Å². The predicted molar refractivity (Wildman–Crippen MR) is 87.5 cm³/mol. The van der Waals surface area contributed by atoms with Crippen LogP contribution in [-0.2, 0) is 17.6 Å². The van der Waals surface area contributed by atoms with Crippen LogP contribution in [0, 0.1) is 0 Å². The van der Waals surface area contributed by atoms with Gasteiger partial charge in [-0.25, -0.2) is 10.1 Å². The quantitative estimate of drug-likeness (QED) is 0.941. The summed E-state index contributed by atoms with van der Waals surface area (Å²) in [7, 11) is 0. The van der Waals surface area contributed by atoms with Gasteiger partial charge in [-0.05, 0) is 31.2 Å². The number of hydrogen-bond acceptors (Lipinski definition) is 5. The van der Waals surface area contributed by atoms with Gasteiger partial charge < -0.3 is 4.74 Å². The number of aromatic nitrogens is 3. The zero-order chi connectivity index (χ0) is 15.5. The van der Waals surface area contributed by atoms with Crippen LogP contribution < -0.4 is 5.56 Å². The lowest BCUT2D eigenvalue weighted by atomic mass is 9.97. The molecule has 3 heterocycles. The summed E-state index contributed by atoms with van der Waals surface area (Å²) < 4.78 is 5.41. The molecule has 6 heteroatoms. The van der Waals surface area contributed by atoms with E-state index in [1.54, 1.807) is 11.3 Å². The molecule has 1 N–H and O–H groups in total. The molecule has 0 amide bonds. The number of hydrogen-bond donors (Lipinski definition) is 1. The van der Waals surface area contributed by atoms with Crippen LogP contribution in [0.3, 0.4) is 0 Å². The zero-order valence-electron chi connectivity index (χ0n) is 13.0. The van der Waals surface area contributed by atoms with Gasteiger partial charge in [-0.2, -0.15) is 5.10 Å². The van der Waals surface area contributed by atoms with Gasteiger partial charge in [-0.1, -0.05) is 13.8 Å². The normalized spacial score (nSPS) is 16.1. The molecule has 0 aromatic carbocycles. The summed E-state index contributed by atoms with van der Waals surface area (Å²) >= 11 is 1.56. The number of aromatic amines is 1. The van der Waals surface area contributed by atoms with Crippen LogP contribution in [0.2, 0.25) is 0 Å². The first-order chi connectivity index (χ1) is 10.7. The molecule has 0 saturated carbocycles. The van der Waals surface area contributed by atoms with Gasteiger partial charge in [0, 0.05) is 24.5 Å². The molecular weight excluding hydrogens is 298 g/mol. The summed E-state index contributed by atoms with van der Waals surface area (Å²) in [6.07, 6.45) is 3.63. The SMILES string of the molecule is CCc1n[nH]c(=O)c(-c2nc(C3CCOCC3)cs2)c1CC. The van der Waals surface area contributed by atoms with Gasteiger partial charge in [0.1, 0.15) is 5.01 Å². The van der Waals surface area contributed by atoms with E-state index in [2.05, 4.69) is 29.4 Å². The lowest BCUT2D eigenvalue weighted by Crippen LogP contribution is -2.17. The van der Waals surface area contributed by atoms with Crippen LogP contribution >= 0.6 is 11.3 Å². The third kappa shape index (κ3) is 2.85. The Balaban J connectivity index is 2.01. The molecule has 0 unspecified atom stereocenters. The van der Waals surface area contributed by atoms with Crippen molar-refractivity contribution in [2.24, 2.45) is 0 Å². The molecule has 2 aromatic heterocycles. The summed E-state index contributed by atoms with van der Waals surface area (Å²) in [5, 5.41) is 9.71. The summed E-state index contributed by atoms with van der Waals surface area (Å²) in [5.74, 6) is 0.454. The van der Waals surface area contributed by atoms with Gasteiger partial charge >= 0.3 is 0 Å². The van der Waals surface area contributed by atoms with Crippen LogP contribution in [0.25, 0.3) is 10.6 Å². The fourth-order valence-electron chi connectivity index (χ4n) is 3.00. The van der Waals surface area contributed by atoms with Gasteiger partial charge in [0.05, 0.1) is 17.0 Å². The topological polar surface area (TPSA) is 67.9 Å². The Hall–Kier alpha value is -1.53. The number of rotatable bonds is 4. The molecule has 118 valence electrons. The first-order valence-corrected chi connectivity index (χ1v) is 8.76. The Morgan fingerprint density at radius 3 is 2.77 bits per heavy atom. The summed E-state index contributed by atoms with van der Waals surface area (Å²) in [5.41, 5.74) is 3.65. The van der Waals surface area contributed by atoms with Crippen molar-refractivity contribution < 1.29 is 4.74 Å². The van der Waals surface area contributed by atoms with Gasteiger partial charge in [-0.15, -0.1) is 11.3 Å². The van der Waals surface area contributed by atoms with E-state index in [9.17, 15) is 4.79 Å². The van der Waals surface area contributed by atoms with E-state index in [4.69, 9.17) is 9.72 Å². The molecule has 5 nitrogen and oxygen atoms in total. The Morgan fingerprint density at radius 1 is 1.32 bits per heavy atom. The second-order valence-corrected chi connectivity index (χ2v) is 6.38. The maximum Gasteiger partial charge on any atom is 0.274 e. The molecule has 1 saturated heterocycles. The Morgan fingerprint density at radius 2 is 2.09 bits per heavy atom. The summed E-state index contributed by atoms with van der Waals surface area (Å²) in [6.45, 7) is 5.71. The molecule has 1 aliphatic heterocycles. The number of aryl methyl sites for hydroxylation is 1. The smallest absolute Gasteiger partial charge is 0.274 e. The number of nitrogens with zero attached hydrogens (tertiary/aromatic N) is 2. The Bertz CT molecular complexity index is 702. The minimum atomic E-state index is -0.137. The first-order valence-electron chi connectivity index (χ1n) is 7.88. The van der Waals surface area contributed by atoms with E-state index >= 15 is 0 Å². The fraction of sp³-hybridized carbons (Fsp3) is 0.562. The maximum absolute atomic E-state index is 12.3. The second kappa shape index (κ2) is 6.71. The zero-order valence-corrected chi connectivity index (χ0v) is 13.8. The summed E-state index contributed by atoms with van der Waals surface area (Å²) in [4.78, 5) is 17.0. The molecule has 1 fully saturated rings. The summed E-state index contributed by atoms with van der Waals surface area (Å²) in [6, 6.07) is 0. The monoisotopic (exact) mass is 319 g/mol. The second-order valence-electron chi connectivity index (χ2n) is 5.52. The highest BCUT2D eigenvalue weighted by Gasteiger charge is 2.21. The van der Waals surface area contributed by atoms with E-state index in [0.717, 1.165) is 60.9 Å². The van der Waals surface area contributed by atoms with E-state index < -0.39 is 0 Å². The third-order valence-electron chi connectivity index (χ3n) is 4.23. The minimum Gasteiger partial charge on any atom is -0.381 e. The molecule has 22 heavy (non-hydrogen) atoms. The molecule has 0 spiro atoms. The molecule has 0 radical (unpaired) electrons. The molecular formula is C16H21N3O2S. The molecule has 0 bridgehead atoms. The predicted octanol–water partition coefficient (Wildman–Crippen LogP) is 2.91. The van der Waals surface area contributed by atoms with E-state index in [0.29, 0.717) is 11.5 Å². The number of ether oxygens (including phenoxy) is 1. The first kappa shape index (κ1) is 15.4. The van der Waals surface area contributed by atoms with Gasteiger partial charge in [0.15, 0.2) is 0 Å². The van der Waals surface area contributed by atoms with Gasteiger partial charge in [0.2, 0.25) is 0 Å². The third-order valence-corrected chi connectivity index (χ3v) is 5.11. The Kier molecular flexibility index (Phi) is 4.69. The number of thiazole rings is 1. The van der Waals surface area contributed by atoms with Crippen molar-refractivity contribution in [1.29, 1.82) is 0 Å². The highest BCUT2D eigenvalue weighted by Crippen LogP contribution is 2.32. The van der Waals surface area contributed by atoms with Crippen molar-refractivity contribution in [2.45, 2.75) is 45.4 Å². The number of H-pyrrole nitrogens is 1. The molecule has 0 atom stereocenters. The van der Waals surface area contributed by atoms with E-state index in [-0.39, 0.29) is 5.56 Å². The fourth-order valence-corrected chi connectivity index (χ4v) is 3.97. The van der Waals surface area contributed by atoms with Crippen molar-refractivity contribution in [1.82, 2.24) is 15.2 Å². The Labute approximate surface area is 133 Å². The molecule has 2 aromatic rings. The van der Waals surface area contributed by atoms with Crippen LogP contribution in [0.5, 0.6) is 0 Å². The molecule has 0 aliphatic carbocycles. The minimum absolute atomic E-state index is 0.137. The van der Waals surface area contributed by atoms with Crippen LogP contribution in [0.4, 0.5) is 0 Å². The largest absolute Gasteiger partial charge is 0.381 e. The maximum atomic E-state index is 12.3. The van der Waals surface area contributed by atoms with Gasteiger partial charge in [-0.3, -0.25) is 4.79 Å². The molecule has 1 aliphatic rings. The van der Waals surface area contributed by atoms with Crippen molar-refractivity contribution in [3.8, 4) is 10.6 Å². The van der Waals surface area contributed by atoms with Gasteiger partial charge in [0.25, 0.3) is 5.56 Å². The van der Waals surface area contributed by atoms with Crippen LogP contribution in [0.1, 0.15) is 49.6 Å². The number of nitrogens with one attached hydrogen (secondary N) is 1. The van der Waals surface area contributed by atoms with Crippen molar-refractivity contribution in [3.05, 3.63) is 32.7 Å². The lowest BCUT2D eigenvalue weighted by Gasteiger charge is -2.20. The molecule has 3 rings (SSSR count).